The van der Waals surface area contributed by atoms with Crippen LogP contribution in [0.15, 0.2) is 16.9 Å². The zero-order valence-electron chi connectivity index (χ0n) is 13.2. The normalized spacial score (nSPS) is 26.0. The van der Waals surface area contributed by atoms with Gasteiger partial charge in [0.2, 0.25) is 0 Å². The zero-order valence-corrected chi connectivity index (χ0v) is 13.2. The molecule has 2 heterocycles. The molecule has 2 aromatic rings. The highest BCUT2D eigenvalue weighted by Crippen LogP contribution is 2.49. The van der Waals surface area contributed by atoms with Gasteiger partial charge in [0.1, 0.15) is 5.69 Å². The molecular weight excluding hydrogens is 294 g/mol. The Hall–Kier alpha value is -2.11. The molecule has 0 spiro atoms. The number of hydrogen-bond donors (Lipinski definition) is 1. The molecule has 122 valence electrons. The summed E-state index contributed by atoms with van der Waals surface area (Å²) < 4.78 is 6.26. The SMILES string of the molecule is CCOC(=O)c1cc2nc(CC3CC4CCC3C4)cc(=O)n2[nH]1. The Labute approximate surface area is 133 Å². The number of nitrogens with one attached hydrogen (secondary N) is 1. The number of hydrogen-bond acceptors (Lipinski definition) is 4. The van der Waals surface area contributed by atoms with Crippen LogP contribution in [0.4, 0.5) is 0 Å². The average Bonchev–Trinajstić information content (AvgIpc) is 3.21. The van der Waals surface area contributed by atoms with Crippen molar-refractivity contribution in [2.24, 2.45) is 17.8 Å². The minimum atomic E-state index is -0.466. The standard InChI is InChI=1S/C17H21N3O3/c1-2-23-17(22)14-9-15-18-13(8-16(21)20(15)19-14)7-12-6-10-3-4-11(12)5-10/h8-12,19H,2-7H2,1H3. The van der Waals surface area contributed by atoms with Crippen molar-refractivity contribution in [1.82, 2.24) is 14.6 Å². The summed E-state index contributed by atoms with van der Waals surface area (Å²) in [7, 11) is 0. The number of ether oxygens (including phenoxy) is 1. The quantitative estimate of drug-likeness (QED) is 0.877. The van der Waals surface area contributed by atoms with E-state index in [4.69, 9.17) is 4.74 Å². The molecule has 2 aromatic heterocycles. The molecule has 0 amide bonds. The Bertz CT molecular complexity index is 807. The number of esters is 1. The maximum atomic E-state index is 12.3. The Morgan fingerprint density at radius 3 is 2.96 bits per heavy atom. The van der Waals surface area contributed by atoms with Crippen molar-refractivity contribution in [1.29, 1.82) is 0 Å². The summed E-state index contributed by atoms with van der Waals surface area (Å²) in [6.45, 7) is 2.05. The fourth-order valence-electron chi connectivity index (χ4n) is 4.35. The summed E-state index contributed by atoms with van der Waals surface area (Å²) in [6, 6.07) is 3.17. The molecule has 2 aliphatic carbocycles. The van der Waals surface area contributed by atoms with E-state index in [2.05, 4.69) is 10.1 Å². The Morgan fingerprint density at radius 2 is 2.26 bits per heavy atom. The molecule has 2 aliphatic rings. The molecule has 6 nitrogen and oxygen atoms in total. The molecule has 6 heteroatoms. The lowest BCUT2D eigenvalue weighted by Crippen LogP contribution is -2.19. The number of fused-ring (bicyclic) bond motifs is 3. The minimum absolute atomic E-state index is 0.177. The van der Waals surface area contributed by atoms with Gasteiger partial charge in [0.05, 0.1) is 6.61 Å². The Kier molecular flexibility index (Phi) is 3.47. The highest BCUT2D eigenvalue weighted by atomic mass is 16.5. The maximum Gasteiger partial charge on any atom is 0.356 e. The summed E-state index contributed by atoms with van der Waals surface area (Å²) in [5, 5.41) is 2.76. The largest absolute Gasteiger partial charge is 0.461 e. The second-order valence-electron chi connectivity index (χ2n) is 6.81. The van der Waals surface area contributed by atoms with Gasteiger partial charge in [-0.2, -0.15) is 0 Å². The van der Waals surface area contributed by atoms with Crippen molar-refractivity contribution in [3.63, 3.8) is 0 Å². The molecule has 2 fully saturated rings. The lowest BCUT2D eigenvalue weighted by molar-refractivity contribution is 0.0519. The second-order valence-corrected chi connectivity index (χ2v) is 6.81. The molecule has 0 aliphatic heterocycles. The van der Waals surface area contributed by atoms with Crippen molar-refractivity contribution in [2.75, 3.05) is 6.61 Å². The molecule has 23 heavy (non-hydrogen) atoms. The molecule has 3 atom stereocenters. The first kappa shape index (κ1) is 14.5. The fourth-order valence-corrected chi connectivity index (χ4v) is 4.35. The number of rotatable bonds is 4. The summed E-state index contributed by atoms with van der Waals surface area (Å²) in [5.41, 5.74) is 1.40. The molecule has 1 N–H and O–H groups in total. The predicted molar refractivity (Wildman–Crippen MR) is 84.4 cm³/mol. The van der Waals surface area contributed by atoms with E-state index in [1.54, 1.807) is 19.1 Å². The number of nitrogens with zero attached hydrogens (tertiary/aromatic N) is 2. The molecule has 3 unspecified atom stereocenters. The smallest absolute Gasteiger partial charge is 0.356 e. The van der Waals surface area contributed by atoms with E-state index >= 15 is 0 Å². The Morgan fingerprint density at radius 1 is 1.39 bits per heavy atom. The number of aromatic amines is 1. The number of carbonyl (C=O) groups excluding carboxylic acids is 1. The van der Waals surface area contributed by atoms with Gasteiger partial charge >= 0.3 is 5.97 Å². The maximum absolute atomic E-state index is 12.3. The van der Waals surface area contributed by atoms with Crippen LogP contribution in [0.1, 0.15) is 48.8 Å². The van der Waals surface area contributed by atoms with Gasteiger partial charge in [-0.1, -0.05) is 6.42 Å². The molecule has 2 saturated carbocycles. The third kappa shape index (κ3) is 2.56. The van der Waals surface area contributed by atoms with Crippen molar-refractivity contribution in [2.45, 2.75) is 39.0 Å². The molecule has 4 rings (SSSR count). The van der Waals surface area contributed by atoms with Crippen LogP contribution >= 0.6 is 0 Å². The Balaban J connectivity index is 1.61. The van der Waals surface area contributed by atoms with E-state index in [1.807, 2.05) is 0 Å². The van der Waals surface area contributed by atoms with Crippen LogP contribution in [-0.4, -0.2) is 27.2 Å². The lowest BCUT2D eigenvalue weighted by atomic mass is 9.85. The number of aromatic nitrogens is 3. The van der Waals surface area contributed by atoms with E-state index in [0.717, 1.165) is 24.0 Å². The van der Waals surface area contributed by atoms with E-state index in [1.165, 1.54) is 30.2 Å². The van der Waals surface area contributed by atoms with E-state index in [9.17, 15) is 9.59 Å². The van der Waals surface area contributed by atoms with Crippen LogP contribution in [0.2, 0.25) is 0 Å². The van der Waals surface area contributed by atoms with Gasteiger partial charge in [0, 0.05) is 17.8 Å². The second kappa shape index (κ2) is 5.51. The van der Waals surface area contributed by atoms with Gasteiger partial charge in [0.25, 0.3) is 5.56 Å². The number of carbonyl (C=O) groups is 1. The average molecular weight is 315 g/mol. The molecule has 0 radical (unpaired) electrons. The van der Waals surface area contributed by atoms with Gasteiger partial charge in [-0.3, -0.25) is 9.89 Å². The van der Waals surface area contributed by atoms with Crippen LogP contribution < -0.4 is 5.56 Å². The minimum Gasteiger partial charge on any atom is -0.461 e. The van der Waals surface area contributed by atoms with Gasteiger partial charge in [-0.25, -0.2) is 14.3 Å². The lowest BCUT2D eigenvalue weighted by Gasteiger charge is -2.20. The van der Waals surface area contributed by atoms with Crippen LogP contribution in [-0.2, 0) is 11.2 Å². The van der Waals surface area contributed by atoms with E-state index in [0.29, 0.717) is 18.2 Å². The molecule has 0 saturated heterocycles. The van der Waals surface area contributed by atoms with Crippen LogP contribution in [0.3, 0.4) is 0 Å². The van der Waals surface area contributed by atoms with Crippen molar-refractivity contribution in [3.05, 3.63) is 33.9 Å². The van der Waals surface area contributed by atoms with Crippen molar-refractivity contribution >= 4 is 11.6 Å². The third-order valence-electron chi connectivity index (χ3n) is 5.35. The van der Waals surface area contributed by atoms with Gasteiger partial charge in [0.15, 0.2) is 5.65 Å². The van der Waals surface area contributed by atoms with Gasteiger partial charge in [-0.05, 0) is 50.4 Å². The summed E-state index contributed by atoms with van der Waals surface area (Å²) in [6.07, 6.45) is 6.19. The summed E-state index contributed by atoms with van der Waals surface area (Å²) >= 11 is 0. The molecule has 2 bridgehead atoms. The highest BCUT2D eigenvalue weighted by Gasteiger charge is 2.39. The monoisotopic (exact) mass is 315 g/mol. The molecular formula is C17H21N3O3. The first-order valence-corrected chi connectivity index (χ1v) is 8.43. The first-order valence-electron chi connectivity index (χ1n) is 8.43. The summed E-state index contributed by atoms with van der Waals surface area (Å²) in [5.74, 6) is 1.89. The van der Waals surface area contributed by atoms with Gasteiger partial charge < -0.3 is 4.74 Å². The highest BCUT2D eigenvalue weighted by molar-refractivity contribution is 5.88. The first-order chi connectivity index (χ1) is 11.1. The third-order valence-corrected chi connectivity index (χ3v) is 5.35. The van der Waals surface area contributed by atoms with Crippen molar-refractivity contribution in [3.8, 4) is 0 Å². The fraction of sp³-hybridized carbons (Fsp3) is 0.588. The topological polar surface area (TPSA) is 76.5 Å². The van der Waals surface area contributed by atoms with Crippen molar-refractivity contribution < 1.29 is 9.53 Å². The molecule has 0 aromatic carbocycles. The van der Waals surface area contributed by atoms with Crippen LogP contribution in [0.5, 0.6) is 0 Å². The predicted octanol–water partition coefficient (Wildman–Crippen LogP) is 2.18. The zero-order chi connectivity index (χ0) is 16.0. The summed E-state index contributed by atoms with van der Waals surface area (Å²) in [4.78, 5) is 28.6. The van der Waals surface area contributed by atoms with Crippen LogP contribution in [0, 0.1) is 17.8 Å². The van der Waals surface area contributed by atoms with E-state index < -0.39 is 5.97 Å². The van der Waals surface area contributed by atoms with Crippen LogP contribution in [0.25, 0.3) is 5.65 Å². The number of H-pyrrole nitrogens is 1. The van der Waals surface area contributed by atoms with E-state index in [-0.39, 0.29) is 11.3 Å². The van der Waals surface area contributed by atoms with Gasteiger partial charge in [-0.15, -0.1) is 0 Å².